The molecule has 1 aliphatic rings. The third kappa shape index (κ3) is 3.30. The van der Waals surface area contributed by atoms with Gasteiger partial charge in [-0.3, -0.25) is 9.59 Å². The number of amides is 1. The van der Waals surface area contributed by atoms with Crippen molar-refractivity contribution >= 4 is 27.8 Å². The smallest absolute Gasteiger partial charge is 0.308 e. The lowest BCUT2D eigenvalue weighted by molar-refractivity contribution is -0.141. The van der Waals surface area contributed by atoms with Gasteiger partial charge in [-0.2, -0.15) is 0 Å². The summed E-state index contributed by atoms with van der Waals surface area (Å²) in [6, 6.07) is 5.50. The van der Waals surface area contributed by atoms with E-state index in [4.69, 9.17) is 9.84 Å². The van der Waals surface area contributed by atoms with Crippen LogP contribution in [0.1, 0.15) is 12.0 Å². The number of hydrogen-bond donors (Lipinski definition) is 1. The summed E-state index contributed by atoms with van der Waals surface area (Å²) >= 11 is 3.37. The third-order valence-electron chi connectivity index (χ3n) is 3.47. The number of carbonyl (C=O) groups is 2. The minimum Gasteiger partial charge on any atom is -0.496 e. The minimum absolute atomic E-state index is 0.0647. The van der Waals surface area contributed by atoms with Crippen molar-refractivity contribution in [1.82, 2.24) is 4.90 Å². The van der Waals surface area contributed by atoms with Gasteiger partial charge in [0.1, 0.15) is 5.75 Å². The van der Waals surface area contributed by atoms with E-state index in [0.717, 1.165) is 10.0 Å². The third-order valence-corrected chi connectivity index (χ3v) is 3.97. The van der Waals surface area contributed by atoms with Gasteiger partial charge < -0.3 is 14.7 Å². The molecule has 1 aliphatic heterocycles. The monoisotopic (exact) mass is 341 g/mol. The molecule has 1 saturated heterocycles. The molecule has 0 bridgehead atoms. The number of halogens is 1. The highest BCUT2D eigenvalue weighted by Gasteiger charge is 2.30. The number of methoxy groups -OCH3 is 1. The summed E-state index contributed by atoms with van der Waals surface area (Å²) in [5.41, 5.74) is 0.797. The van der Waals surface area contributed by atoms with Crippen LogP contribution >= 0.6 is 15.9 Å². The Balaban J connectivity index is 2.05. The zero-order valence-corrected chi connectivity index (χ0v) is 12.7. The Morgan fingerprint density at radius 2 is 2.25 bits per heavy atom. The summed E-state index contributed by atoms with van der Waals surface area (Å²) in [6.07, 6.45) is 0.742. The molecule has 0 saturated carbocycles. The Morgan fingerprint density at radius 3 is 2.85 bits per heavy atom. The summed E-state index contributed by atoms with van der Waals surface area (Å²) in [4.78, 5) is 24.7. The molecule has 108 valence electrons. The van der Waals surface area contributed by atoms with Crippen LogP contribution in [0.15, 0.2) is 22.7 Å². The van der Waals surface area contributed by atoms with Gasteiger partial charge in [0.05, 0.1) is 19.4 Å². The number of rotatable bonds is 4. The first-order valence-corrected chi connectivity index (χ1v) is 7.13. The Bertz CT molecular complexity index is 532. The van der Waals surface area contributed by atoms with Crippen molar-refractivity contribution in [2.45, 2.75) is 12.8 Å². The van der Waals surface area contributed by atoms with Crippen molar-refractivity contribution in [3.63, 3.8) is 0 Å². The predicted octanol–water partition coefficient (Wildman–Crippen LogP) is 1.93. The average molecular weight is 342 g/mol. The molecule has 5 nitrogen and oxygen atoms in total. The average Bonchev–Trinajstić information content (AvgIpc) is 2.89. The second kappa shape index (κ2) is 6.26. The quantitative estimate of drug-likeness (QED) is 0.908. The summed E-state index contributed by atoms with van der Waals surface area (Å²) in [5, 5.41) is 8.96. The van der Waals surface area contributed by atoms with Crippen LogP contribution in [-0.4, -0.2) is 42.1 Å². The van der Waals surface area contributed by atoms with Gasteiger partial charge in [-0.1, -0.05) is 15.9 Å². The van der Waals surface area contributed by atoms with E-state index >= 15 is 0 Å². The van der Waals surface area contributed by atoms with Gasteiger partial charge in [0.15, 0.2) is 0 Å². The molecular weight excluding hydrogens is 326 g/mol. The van der Waals surface area contributed by atoms with Crippen molar-refractivity contribution in [3.8, 4) is 5.75 Å². The second-order valence-corrected chi connectivity index (χ2v) is 5.71. The zero-order valence-electron chi connectivity index (χ0n) is 11.1. The van der Waals surface area contributed by atoms with Crippen LogP contribution in [0.5, 0.6) is 5.75 Å². The van der Waals surface area contributed by atoms with Crippen LogP contribution in [-0.2, 0) is 16.0 Å². The number of benzene rings is 1. The summed E-state index contributed by atoms with van der Waals surface area (Å²) in [6.45, 7) is 0.802. The van der Waals surface area contributed by atoms with Crippen LogP contribution in [0.25, 0.3) is 0 Å². The fraction of sp³-hybridized carbons (Fsp3) is 0.429. The molecule has 1 aromatic rings. The number of carboxylic acids is 1. The Hall–Kier alpha value is -1.56. The maximum Gasteiger partial charge on any atom is 0.308 e. The van der Waals surface area contributed by atoms with Crippen LogP contribution in [0.2, 0.25) is 0 Å². The topological polar surface area (TPSA) is 66.8 Å². The minimum atomic E-state index is -0.833. The number of ether oxygens (including phenoxy) is 1. The second-order valence-electron chi connectivity index (χ2n) is 4.80. The van der Waals surface area contributed by atoms with E-state index in [2.05, 4.69) is 15.9 Å². The molecule has 2 rings (SSSR count). The van der Waals surface area contributed by atoms with E-state index in [1.54, 1.807) is 18.1 Å². The summed E-state index contributed by atoms with van der Waals surface area (Å²) in [5.74, 6) is -0.677. The molecule has 20 heavy (non-hydrogen) atoms. The Labute approximate surface area is 125 Å². The number of nitrogens with zero attached hydrogens (tertiary/aromatic N) is 1. The van der Waals surface area contributed by atoms with Crippen LogP contribution in [0.4, 0.5) is 0 Å². The van der Waals surface area contributed by atoms with E-state index in [0.29, 0.717) is 25.3 Å². The lowest BCUT2D eigenvalue weighted by Gasteiger charge is -2.17. The van der Waals surface area contributed by atoms with Crippen LogP contribution in [0.3, 0.4) is 0 Å². The summed E-state index contributed by atoms with van der Waals surface area (Å²) in [7, 11) is 1.56. The van der Waals surface area contributed by atoms with E-state index in [-0.39, 0.29) is 12.3 Å². The number of aliphatic carboxylic acids is 1. The molecule has 1 amide bonds. The largest absolute Gasteiger partial charge is 0.496 e. The molecular formula is C14H16BrNO4. The highest BCUT2D eigenvalue weighted by atomic mass is 79.9. The number of carboxylic acid groups (broad SMARTS) is 1. The first-order valence-electron chi connectivity index (χ1n) is 6.34. The van der Waals surface area contributed by atoms with Crippen molar-refractivity contribution < 1.29 is 19.4 Å². The molecule has 0 radical (unpaired) electrons. The molecule has 0 aromatic heterocycles. The summed E-state index contributed by atoms with van der Waals surface area (Å²) < 4.78 is 6.12. The molecule has 1 N–H and O–H groups in total. The molecule has 1 heterocycles. The molecule has 1 unspecified atom stereocenters. The number of hydrogen-bond acceptors (Lipinski definition) is 3. The molecule has 1 aromatic carbocycles. The molecule has 6 heteroatoms. The molecule has 1 fully saturated rings. The van der Waals surface area contributed by atoms with E-state index in [1.165, 1.54) is 0 Å². The predicted molar refractivity (Wildman–Crippen MR) is 76.7 cm³/mol. The first kappa shape index (κ1) is 14.8. The molecule has 0 aliphatic carbocycles. The van der Waals surface area contributed by atoms with Gasteiger partial charge in [-0.05, 0) is 24.6 Å². The lowest BCUT2D eigenvalue weighted by Crippen LogP contribution is -2.31. The maximum atomic E-state index is 12.2. The van der Waals surface area contributed by atoms with E-state index < -0.39 is 11.9 Å². The fourth-order valence-electron chi connectivity index (χ4n) is 2.35. The van der Waals surface area contributed by atoms with E-state index in [9.17, 15) is 9.59 Å². The Morgan fingerprint density at radius 1 is 1.50 bits per heavy atom. The van der Waals surface area contributed by atoms with Gasteiger partial charge >= 0.3 is 5.97 Å². The number of likely N-dealkylation sites (tertiary alicyclic amines) is 1. The van der Waals surface area contributed by atoms with Crippen molar-refractivity contribution in [1.29, 1.82) is 0 Å². The van der Waals surface area contributed by atoms with Gasteiger partial charge in [-0.25, -0.2) is 0 Å². The number of carbonyl (C=O) groups excluding carboxylic acids is 1. The fourth-order valence-corrected chi connectivity index (χ4v) is 2.76. The van der Waals surface area contributed by atoms with Gasteiger partial charge in [0, 0.05) is 23.1 Å². The standard InChI is InChI=1S/C14H16BrNO4/c1-20-12-3-2-11(15)6-10(12)7-13(17)16-5-4-9(8-16)14(18)19/h2-3,6,9H,4-5,7-8H2,1H3,(H,18,19). The zero-order chi connectivity index (χ0) is 14.7. The van der Waals surface area contributed by atoms with Crippen molar-refractivity contribution in [2.75, 3.05) is 20.2 Å². The van der Waals surface area contributed by atoms with Gasteiger partial charge in [-0.15, -0.1) is 0 Å². The van der Waals surface area contributed by atoms with Gasteiger partial charge in [0.25, 0.3) is 0 Å². The first-order chi connectivity index (χ1) is 9.51. The van der Waals surface area contributed by atoms with Crippen LogP contribution < -0.4 is 4.74 Å². The van der Waals surface area contributed by atoms with Gasteiger partial charge in [0.2, 0.25) is 5.91 Å². The normalized spacial score (nSPS) is 18.1. The van der Waals surface area contributed by atoms with Crippen LogP contribution in [0, 0.1) is 5.92 Å². The maximum absolute atomic E-state index is 12.2. The Kier molecular flexibility index (Phi) is 4.65. The highest BCUT2D eigenvalue weighted by Crippen LogP contribution is 2.25. The SMILES string of the molecule is COc1ccc(Br)cc1CC(=O)N1CCC(C(=O)O)C1. The highest BCUT2D eigenvalue weighted by molar-refractivity contribution is 9.10. The van der Waals surface area contributed by atoms with Crippen molar-refractivity contribution in [3.05, 3.63) is 28.2 Å². The molecule has 0 spiro atoms. The van der Waals surface area contributed by atoms with E-state index in [1.807, 2.05) is 12.1 Å². The van der Waals surface area contributed by atoms with Crippen molar-refractivity contribution in [2.24, 2.45) is 5.92 Å². The molecule has 1 atom stereocenters. The lowest BCUT2D eigenvalue weighted by atomic mass is 10.1.